The molecular weight excluding hydrogens is 264 g/mol. The highest BCUT2D eigenvalue weighted by atomic mass is 16.5. The maximum atomic E-state index is 9.48. The van der Waals surface area contributed by atoms with Crippen LogP contribution >= 0.6 is 0 Å². The normalized spacial score (nSPS) is 25.0. The van der Waals surface area contributed by atoms with Gasteiger partial charge in [-0.2, -0.15) is 0 Å². The van der Waals surface area contributed by atoms with Crippen LogP contribution in [0, 0.1) is 11.3 Å². The van der Waals surface area contributed by atoms with Crippen LogP contribution in [0.4, 0.5) is 0 Å². The minimum atomic E-state index is 0.135. The summed E-state index contributed by atoms with van der Waals surface area (Å²) in [5, 5.41) is 9.48. The predicted molar refractivity (Wildman–Crippen MR) is 87.5 cm³/mol. The Morgan fingerprint density at radius 1 is 1.19 bits per heavy atom. The van der Waals surface area contributed by atoms with E-state index in [0.717, 1.165) is 12.8 Å². The Bertz CT molecular complexity index is 265. The van der Waals surface area contributed by atoms with Gasteiger partial charge in [0, 0.05) is 19.6 Å². The van der Waals surface area contributed by atoms with Crippen molar-refractivity contribution in [2.24, 2.45) is 11.3 Å². The van der Waals surface area contributed by atoms with E-state index < -0.39 is 0 Å². The van der Waals surface area contributed by atoms with Crippen LogP contribution < -0.4 is 0 Å². The Morgan fingerprint density at radius 3 is 2.52 bits per heavy atom. The maximum absolute atomic E-state index is 9.48. The first kappa shape index (κ1) is 18.9. The van der Waals surface area contributed by atoms with Crippen molar-refractivity contribution >= 4 is 0 Å². The molecule has 1 N–H and O–H groups in total. The lowest BCUT2D eigenvalue weighted by molar-refractivity contribution is -0.102. The van der Waals surface area contributed by atoms with Crippen LogP contribution in [0.2, 0.25) is 0 Å². The fourth-order valence-corrected chi connectivity index (χ4v) is 3.42. The molecule has 0 saturated heterocycles. The van der Waals surface area contributed by atoms with E-state index in [0.29, 0.717) is 12.5 Å². The first-order valence-corrected chi connectivity index (χ1v) is 8.80. The van der Waals surface area contributed by atoms with Gasteiger partial charge in [-0.15, -0.1) is 0 Å². The Kier molecular flexibility index (Phi) is 8.84. The molecule has 0 aromatic rings. The summed E-state index contributed by atoms with van der Waals surface area (Å²) in [7, 11) is 1.79. The molecule has 3 nitrogen and oxygen atoms in total. The number of hydrogen-bond donors (Lipinski definition) is 1. The standard InChI is InChI=1S/C18H36O3/c1-5-6-9-12-18(2,3)17(20-4)14-21-16-11-8-7-10-15(16)13-19/h15-17,19H,5-14H2,1-4H3. The van der Waals surface area contributed by atoms with Gasteiger partial charge < -0.3 is 14.6 Å². The number of aliphatic hydroxyl groups excluding tert-OH is 1. The smallest absolute Gasteiger partial charge is 0.0855 e. The lowest BCUT2D eigenvalue weighted by Crippen LogP contribution is -2.39. The Hall–Kier alpha value is -0.120. The zero-order valence-electron chi connectivity index (χ0n) is 14.6. The minimum Gasteiger partial charge on any atom is -0.396 e. The molecule has 1 fully saturated rings. The predicted octanol–water partition coefficient (Wildman–Crippen LogP) is 4.18. The van der Waals surface area contributed by atoms with Crippen LogP contribution in [-0.2, 0) is 9.47 Å². The van der Waals surface area contributed by atoms with Crippen LogP contribution in [0.15, 0.2) is 0 Å². The molecule has 126 valence electrons. The monoisotopic (exact) mass is 300 g/mol. The van der Waals surface area contributed by atoms with Gasteiger partial charge in [-0.3, -0.25) is 0 Å². The SMILES string of the molecule is CCCCCC(C)(C)C(COC1CCCCC1CO)OC. The summed E-state index contributed by atoms with van der Waals surface area (Å²) in [5.74, 6) is 0.319. The molecule has 1 aliphatic rings. The topological polar surface area (TPSA) is 38.7 Å². The molecule has 3 unspecified atom stereocenters. The first-order valence-electron chi connectivity index (χ1n) is 8.80. The molecule has 1 aliphatic carbocycles. The number of methoxy groups -OCH3 is 1. The second-order valence-electron chi connectivity index (χ2n) is 7.27. The van der Waals surface area contributed by atoms with E-state index in [1.165, 1.54) is 38.5 Å². The zero-order chi connectivity index (χ0) is 15.7. The van der Waals surface area contributed by atoms with Crippen molar-refractivity contribution in [3.63, 3.8) is 0 Å². The molecular formula is C18H36O3. The quantitative estimate of drug-likeness (QED) is 0.615. The van der Waals surface area contributed by atoms with Crippen molar-refractivity contribution < 1.29 is 14.6 Å². The van der Waals surface area contributed by atoms with Crippen molar-refractivity contribution in [1.29, 1.82) is 0 Å². The number of hydrogen-bond acceptors (Lipinski definition) is 3. The van der Waals surface area contributed by atoms with Crippen molar-refractivity contribution in [2.75, 3.05) is 20.3 Å². The van der Waals surface area contributed by atoms with E-state index in [4.69, 9.17) is 9.47 Å². The molecule has 3 atom stereocenters. The van der Waals surface area contributed by atoms with Crippen LogP contribution in [0.1, 0.15) is 72.1 Å². The van der Waals surface area contributed by atoms with E-state index in [-0.39, 0.29) is 24.2 Å². The molecule has 0 aromatic carbocycles. The average molecular weight is 300 g/mol. The summed E-state index contributed by atoms with van der Waals surface area (Å²) < 4.78 is 11.9. The number of unbranched alkanes of at least 4 members (excludes halogenated alkanes) is 2. The molecule has 0 radical (unpaired) electrons. The lowest BCUT2D eigenvalue weighted by Gasteiger charge is -2.36. The molecule has 0 aliphatic heterocycles. The van der Waals surface area contributed by atoms with E-state index in [2.05, 4.69) is 20.8 Å². The van der Waals surface area contributed by atoms with Crippen LogP contribution in [-0.4, -0.2) is 37.6 Å². The van der Waals surface area contributed by atoms with E-state index in [9.17, 15) is 5.11 Å². The highest BCUT2D eigenvalue weighted by Crippen LogP contribution is 2.32. The highest BCUT2D eigenvalue weighted by Gasteiger charge is 2.32. The molecule has 0 bridgehead atoms. The van der Waals surface area contributed by atoms with E-state index in [1.807, 2.05) is 0 Å². The molecule has 3 heteroatoms. The summed E-state index contributed by atoms with van der Waals surface area (Å²) in [6.45, 7) is 7.70. The maximum Gasteiger partial charge on any atom is 0.0855 e. The minimum absolute atomic E-state index is 0.135. The summed E-state index contributed by atoms with van der Waals surface area (Å²) >= 11 is 0. The largest absolute Gasteiger partial charge is 0.396 e. The number of aliphatic hydroxyl groups is 1. The lowest BCUT2D eigenvalue weighted by atomic mass is 9.81. The second kappa shape index (κ2) is 9.81. The number of rotatable bonds is 10. The van der Waals surface area contributed by atoms with E-state index >= 15 is 0 Å². The van der Waals surface area contributed by atoms with Crippen molar-refractivity contribution in [2.45, 2.75) is 84.3 Å². The van der Waals surface area contributed by atoms with Gasteiger partial charge in [0.25, 0.3) is 0 Å². The van der Waals surface area contributed by atoms with Crippen molar-refractivity contribution in [3.05, 3.63) is 0 Å². The highest BCUT2D eigenvalue weighted by molar-refractivity contribution is 4.81. The average Bonchev–Trinajstić information content (AvgIpc) is 2.48. The summed E-state index contributed by atoms with van der Waals surface area (Å²) in [4.78, 5) is 0. The molecule has 0 heterocycles. The third kappa shape index (κ3) is 6.25. The van der Waals surface area contributed by atoms with Gasteiger partial charge in [-0.1, -0.05) is 52.9 Å². The molecule has 21 heavy (non-hydrogen) atoms. The third-order valence-corrected chi connectivity index (χ3v) is 5.12. The number of ether oxygens (including phenoxy) is 2. The molecule has 1 rings (SSSR count). The third-order valence-electron chi connectivity index (χ3n) is 5.12. The van der Waals surface area contributed by atoms with Gasteiger partial charge in [0.2, 0.25) is 0 Å². The van der Waals surface area contributed by atoms with Crippen molar-refractivity contribution in [3.8, 4) is 0 Å². The van der Waals surface area contributed by atoms with Crippen LogP contribution in [0.25, 0.3) is 0 Å². The Balaban J connectivity index is 2.44. The Labute approximate surface area is 131 Å². The van der Waals surface area contributed by atoms with Gasteiger partial charge in [0.05, 0.1) is 18.8 Å². The first-order chi connectivity index (χ1) is 10.0. The summed E-state index contributed by atoms with van der Waals surface area (Å²) in [6.07, 6.45) is 9.95. The Morgan fingerprint density at radius 2 is 1.90 bits per heavy atom. The molecule has 1 saturated carbocycles. The van der Waals surface area contributed by atoms with Crippen LogP contribution in [0.5, 0.6) is 0 Å². The fourth-order valence-electron chi connectivity index (χ4n) is 3.42. The summed E-state index contributed by atoms with van der Waals surface area (Å²) in [6, 6.07) is 0. The fraction of sp³-hybridized carbons (Fsp3) is 1.00. The van der Waals surface area contributed by atoms with Gasteiger partial charge >= 0.3 is 0 Å². The molecule has 0 amide bonds. The van der Waals surface area contributed by atoms with Gasteiger partial charge in [-0.05, 0) is 24.7 Å². The second-order valence-corrected chi connectivity index (χ2v) is 7.27. The van der Waals surface area contributed by atoms with Crippen molar-refractivity contribution in [1.82, 2.24) is 0 Å². The molecule has 0 aromatic heterocycles. The van der Waals surface area contributed by atoms with Gasteiger partial charge in [-0.25, -0.2) is 0 Å². The van der Waals surface area contributed by atoms with Gasteiger partial charge in [0.15, 0.2) is 0 Å². The van der Waals surface area contributed by atoms with Crippen LogP contribution in [0.3, 0.4) is 0 Å². The van der Waals surface area contributed by atoms with E-state index in [1.54, 1.807) is 7.11 Å². The molecule has 0 spiro atoms. The zero-order valence-corrected chi connectivity index (χ0v) is 14.6. The van der Waals surface area contributed by atoms with Gasteiger partial charge in [0.1, 0.15) is 0 Å². The summed E-state index contributed by atoms with van der Waals surface area (Å²) in [5.41, 5.74) is 0.146.